The van der Waals surface area contributed by atoms with Crippen LogP contribution in [0.3, 0.4) is 0 Å². The van der Waals surface area contributed by atoms with Gasteiger partial charge in [0.25, 0.3) is 5.56 Å². The topological polar surface area (TPSA) is 105 Å². The van der Waals surface area contributed by atoms with Crippen molar-refractivity contribution in [1.29, 1.82) is 0 Å². The molecule has 0 saturated heterocycles. The van der Waals surface area contributed by atoms with Crippen molar-refractivity contribution in [2.24, 2.45) is 0 Å². The van der Waals surface area contributed by atoms with Gasteiger partial charge in [0.2, 0.25) is 5.91 Å². The molecule has 0 fully saturated rings. The highest BCUT2D eigenvalue weighted by atomic mass is 35.5. The first-order valence-electron chi connectivity index (χ1n) is 8.76. The Kier molecular flexibility index (Phi) is 5.23. The average Bonchev–Trinajstić information content (AvgIpc) is 3.07. The summed E-state index contributed by atoms with van der Waals surface area (Å²) in [6.45, 7) is 1.76. The van der Waals surface area contributed by atoms with Gasteiger partial charge in [-0.2, -0.15) is 0 Å². The molecule has 0 bridgehead atoms. The lowest BCUT2D eigenvalue weighted by Gasteiger charge is -2.26. The number of nitrogens with two attached hydrogens (primary N) is 1. The second kappa shape index (κ2) is 7.44. The van der Waals surface area contributed by atoms with Crippen molar-refractivity contribution in [2.75, 3.05) is 5.73 Å². The molecule has 0 radical (unpaired) electrons. The van der Waals surface area contributed by atoms with Crippen LogP contribution in [0.15, 0.2) is 35.3 Å². The van der Waals surface area contributed by atoms with Crippen molar-refractivity contribution in [1.82, 2.24) is 19.9 Å². The second-order valence-electron chi connectivity index (χ2n) is 6.78. The Hall–Kier alpha value is -2.80. The van der Waals surface area contributed by atoms with Crippen LogP contribution >= 0.6 is 12.4 Å². The highest BCUT2D eigenvalue weighted by Crippen LogP contribution is 2.31. The summed E-state index contributed by atoms with van der Waals surface area (Å²) in [5, 5.41) is 5.90. The molecule has 4 rings (SSSR count). The molecule has 8 heteroatoms. The summed E-state index contributed by atoms with van der Waals surface area (Å²) in [5.41, 5.74) is 10.2. The van der Waals surface area contributed by atoms with E-state index in [1.54, 1.807) is 19.2 Å². The van der Waals surface area contributed by atoms with Crippen LogP contribution in [-0.2, 0) is 17.6 Å². The fourth-order valence-corrected chi connectivity index (χ4v) is 3.70. The summed E-state index contributed by atoms with van der Waals surface area (Å²) in [6, 6.07) is 7.51. The van der Waals surface area contributed by atoms with E-state index < -0.39 is 0 Å². The molecule has 27 heavy (non-hydrogen) atoms. The van der Waals surface area contributed by atoms with E-state index in [2.05, 4.69) is 15.4 Å². The number of hydrogen-bond donors (Lipinski definition) is 3. The monoisotopic (exact) mass is 387 g/mol. The first-order valence-corrected chi connectivity index (χ1v) is 8.76. The van der Waals surface area contributed by atoms with Crippen LogP contribution in [0.2, 0.25) is 0 Å². The summed E-state index contributed by atoms with van der Waals surface area (Å²) in [5.74, 6) is -0.173. The molecule has 1 atom stereocenters. The van der Waals surface area contributed by atoms with Crippen molar-refractivity contribution in [3.63, 3.8) is 0 Å². The van der Waals surface area contributed by atoms with Crippen LogP contribution in [0.5, 0.6) is 0 Å². The number of anilines is 1. The normalized spacial score (nSPS) is 15.8. The van der Waals surface area contributed by atoms with Gasteiger partial charge in [0.1, 0.15) is 0 Å². The Labute approximate surface area is 162 Å². The summed E-state index contributed by atoms with van der Waals surface area (Å²) >= 11 is 0. The molecular formula is C19H22ClN5O2. The number of aryl methyl sites for hydroxylation is 2. The third kappa shape index (κ3) is 3.55. The first-order chi connectivity index (χ1) is 12.5. The van der Waals surface area contributed by atoms with Gasteiger partial charge in [-0.3, -0.25) is 14.7 Å². The van der Waals surface area contributed by atoms with Crippen molar-refractivity contribution in [3.05, 3.63) is 63.2 Å². The minimum Gasteiger partial charge on any atom is -0.399 e. The van der Waals surface area contributed by atoms with Gasteiger partial charge in [-0.25, -0.2) is 9.50 Å². The molecule has 7 nitrogen and oxygen atoms in total. The van der Waals surface area contributed by atoms with Crippen molar-refractivity contribution < 1.29 is 4.79 Å². The highest BCUT2D eigenvalue weighted by Gasteiger charge is 2.23. The molecule has 142 valence electrons. The predicted octanol–water partition coefficient (Wildman–Crippen LogP) is 2.07. The number of aromatic nitrogens is 3. The minimum atomic E-state index is -0.232. The Morgan fingerprint density at radius 3 is 3.04 bits per heavy atom. The summed E-state index contributed by atoms with van der Waals surface area (Å²) in [6.07, 6.45) is 4.52. The third-order valence-corrected chi connectivity index (χ3v) is 5.00. The van der Waals surface area contributed by atoms with Gasteiger partial charge in [0.05, 0.1) is 12.5 Å². The molecule has 0 saturated carbocycles. The molecule has 1 unspecified atom stereocenters. The number of carbonyl (C=O) groups excluding carboxylic acids is 1. The molecule has 4 N–H and O–H groups in total. The molecule has 1 amide bonds. The Bertz CT molecular complexity index is 1060. The van der Waals surface area contributed by atoms with Crippen LogP contribution in [0.4, 0.5) is 5.69 Å². The van der Waals surface area contributed by atoms with E-state index in [4.69, 9.17) is 5.73 Å². The van der Waals surface area contributed by atoms with Gasteiger partial charge in [0, 0.05) is 29.2 Å². The predicted molar refractivity (Wildman–Crippen MR) is 106 cm³/mol. The number of rotatable bonds is 3. The molecule has 1 aliphatic carbocycles. The lowest BCUT2D eigenvalue weighted by Crippen LogP contribution is -2.34. The number of fused-ring (bicyclic) bond motifs is 2. The number of amides is 1. The van der Waals surface area contributed by atoms with E-state index >= 15 is 0 Å². The van der Waals surface area contributed by atoms with Gasteiger partial charge in [-0.1, -0.05) is 6.07 Å². The fraction of sp³-hybridized carbons (Fsp3) is 0.316. The number of nitrogens with zero attached hydrogens (tertiary/aromatic N) is 2. The standard InChI is InChI=1S/C19H21N5O2.ClH/c1-11-15(19(26)24-17(22-11)7-8-21-24)10-18(25)23-16-4-2-3-12-9-13(20)5-6-14(12)16;/h5-9,16,21H,2-4,10,20H2,1H3,(H,23,25);1H. The summed E-state index contributed by atoms with van der Waals surface area (Å²) in [7, 11) is 0. The zero-order valence-electron chi connectivity index (χ0n) is 15.0. The van der Waals surface area contributed by atoms with Gasteiger partial charge in [-0.05, 0) is 49.4 Å². The molecule has 2 aromatic heterocycles. The van der Waals surface area contributed by atoms with E-state index in [-0.39, 0.29) is 36.3 Å². The lowest BCUT2D eigenvalue weighted by atomic mass is 9.87. The second-order valence-corrected chi connectivity index (χ2v) is 6.78. The molecule has 2 heterocycles. The number of carbonyl (C=O) groups is 1. The smallest absolute Gasteiger partial charge is 0.276 e. The molecule has 1 aliphatic rings. The maximum Gasteiger partial charge on any atom is 0.276 e. The zero-order chi connectivity index (χ0) is 18.3. The Balaban J connectivity index is 0.00000210. The van der Waals surface area contributed by atoms with Crippen molar-refractivity contribution in [3.8, 4) is 0 Å². The molecule has 3 aromatic rings. The van der Waals surface area contributed by atoms with E-state index in [0.717, 1.165) is 30.5 Å². The summed E-state index contributed by atoms with van der Waals surface area (Å²) in [4.78, 5) is 29.6. The van der Waals surface area contributed by atoms with Crippen molar-refractivity contribution in [2.45, 2.75) is 38.6 Å². The molecule has 0 aliphatic heterocycles. The Morgan fingerprint density at radius 1 is 1.41 bits per heavy atom. The highest BCUT2D eigenvalue weighted by molar-refractivity contribution is 5.85. The minimum absolute atomic E-state index is 0. The number of nitrogens with one attached hydrogen (secondary N) is 2. The maximum absolute atomic E-state index is 12.6. The molecule has 1 aromatic carbocycles. The van der Waals surface area contributed by atoms with Gasteiger partial charge in [-0.15, -0.1) is 12.4 Å². The van der Waals surface area contributed by atoms with Gasteiger partial charge in [0.15, 0.2) is 5.65 Å². The number of H-pyrrole nitrogens is 1. The van der Waals surface area contributed by atoms with Crippen LogP contribution in [0.25, 0.3) is 5.65 Å². The molecular weight excluding hydrogens is 366 g/mol. The van der Waals surface area contributed by atoms with Gasteiger partial charge >= 0.3 is 0 Å². The number of aromatic amines is 1. The number of benzene rings is 1. The average molecular weight is 388 g/mol. The van der Waals surface area contributed by atoms with E-state index in [9.17, 15) is 9.59 Å². The van der Waals surface area contributed by atoms with Gasteiger partial charge < -0.3 is 11.1 Å². The van der Waals surface area contributed by atoms with Crippen LogP contribution in [0, 0.1) is 6.92 Å². The quantitative estimate of drug-likeness (QED) is 0.598. The molecule has 0 spiro atoms. The van der Waals surface area contributed by atoms with E-state index in [1.165, 1.54) is 10.1 Å². The van der Waals surface area contributed by atoms with E-state index in [1.807, 2.05) is 18.2 Å². The van der Waals surface area contributed by atoms with Crippen LogP contribution in [0.1, 0.15) is 41.3 Å². The third-order valence-electron chi connectivity index (χ3n) is 5.00. The van der Waals surface area contributed by atoms with Crippen LogP contribution < -0.4 is 16.6 Å². The fourth-order valence-electron chi connectivity index (χ4n) is 3.70. The maximum atomic E-state index is 12.6. The SMILES string of the molecule is Cc1nc2cc[nH]n2c(=O)c1CC(=O)NC1CCCc2cc(N)ccc21.Cl. The Morgan fingerprint density at radius 2 is 2.22 bits per heavy atom. The van der Waals surface area contributed by atoms with Crippen molar-refractivity contribution >= 4 is 29.6 Å². The largest absolute Gasteiger partial charge is 0.399 e. The van der Waals surface area contributed by atoms with Crippen LogP contribution in [-0.4, -0.2) is 20.5 Å². The summed E-state index contributed by atoms with van der Waals surface area (Å²) < 4.78 is 1.36. The zero-order valence-corrected chi connectivity index (χ0v) is 15.8. The number of halogens is 1. The first kappa shape index (κ1) is 19.0. The van der Waals surface area contributed by atoms with E-state index in [0.29, 0.717) is 16.9 Å². The number of nitrogen functional groups attached to an aromatic ring is 1. The lowest BCUT2D eigenvalue weighted by molar-refractivity contribution is -0.121. The number of hydrogen-bond acceptors (Lipinski definition) is 4.